The first-order chi connectivity index (χ1) is 8.33. The minimum Gasteiger partial charge on any atom is -0.352 e. The van der Waals surface area contributed by atoms with Crippen LogP contribution in [0.1, 0.15) is 11.8 Å². The summed E-state index contributed by atoms with van der Waals surface area (Å²) in [5.74, 6) is 7.00. The van der Waals surface area contributed by atoms with Crippen LogP contribution in [0.2, 0.25) is 0 Å². The molecule has 0 atom stereocenters. The fourth-order valence-corrected chi connectivity index (χ4v) is 2.34. The fourth-order valence-electron chi connectivity index (χ4n) is 1.63. The zero-order valence-corrected chi connectivity index (χ0v) is 10.6. The van der Waals surface area contributed by atoms with Crippen LogP contribution in [0, 0.1) is 0 Å². The number of hydrazine groups is 1. The number of pyridine rings is 1. The summed E-state index contributed by atoms with van der Waals surface area (Å²) in [6.45, 7) is 3.92. The van der Waals surface area contributed by atoms with Crippen LogP contribution in [0.4, 0.5) is 11.6 Å². The van der Waals surface area contributed by atoms with Gasteiger partial charge in [0, 0.05) is 11.4 Å². The van der Waals surface area contributed by atoms with Gasteiger partial charge in [0.05, 0.1) is 6.54 Å². The minimum atomic E-state index is 0.687. The highest BCUT2D eigenvalue weighted by atomic mass is 32.1. The highest BCUT2D eigenvalue weighted by Crippen LogP contribution is 2.18. The smallest absolute Gasteiger partial charge is 0.142 e. The molecule has 0 saturated heterocycles. The van der Waals surface area contributed by atoms with Gasteiger partial charge in [0.25, 0.3) is 0 Å². The molecular weight excluding hydrogens is 232 g/mol. The van der Waals surface area contributed by atoms with Crippen LogP contribution in [-0.4, -0.2) is 11.5 Å². The molecule has 3 N–H and O–H groups in total. The number of hydrogen-bond donors (Lipinski definition) is 2. The molecule has 0 aromatic carbocycles. The summed E-state index contributed by atoms with van der Waals surface area (Å²) in [6.07, 6.45) is 0. The van der Waals surface area contributed by atoms with Crippen molar-refractivity contribution in [3.63, 3.8) is 0 Å². The summed E-state index contributed by atoms with van der Waals surface area (Å²) in [4.78, 5) is 7.99. The summed E-state index contributed by atoms with van der Waals surface area (Å²) in [5, 5.41) is 2.09. The van der Waals surface area contributed by atoms with Gasteiger partial charge in [0.1, 0.15) is 11.6 Å². The molecule has 0 unspecified atom stereocenters. The number of aromatic nitrogens is 1. The van der Waals surface area contributed by atoms with E-state index >= 15 is 0 Å². The summed E-state index contributed by atoms with van der Waals surface area (Å²) >= 11 is 1.76. The molecule has 2 heterocycles. The number of nitrogen functional groups attached to an aromatic ring is 1. The molecule has 0 bridgehead atoms. The molecule has 4 nitrogen and oxygen atoms in total. The monoisotopic (exact) mass is 248 g/mol. The van der Waals surface area contributed by atoms with E-state index < -0.39 is 0 Å². The molecule has 17 heavy (non-hydrogen) atoms. The first-order valence-electron chi connectivity index (χ1n) is 5.54. The molecule has 0 aliphatic heterocycles. The van der Waals surface area contributed by atoms with Gasteiger partial charge in [0.15, 0.2) is 0 Å². The van der Waals surface area contributed by atoms with E-state index in [0.29, 0.717) is 5.82 Å². The Balaban J connectivity index is 2.16. The van der Waals surface area contributed by atoms with Crippen LogP contribution >= 0.6 is 11.3 Å². The lowest BCUT2D eigenvalue weighted by Gasteiger charge is -2.21. The number of rotatable bonds is 5. The molecule has 90 valence electrons. The van der Waals surface area contributed by atoms with Crippen LogP contribution in [0.3, 0.4) is 0 Å². The normalized spacial score (nSPS) is 10.2. The van der Waals surface area contributed by atoms with Crippen molar-refractivity contribution in [1.29, 1.82) is 0 Å². The SMILES string of the molecule is CCN(Cc1cccs1)c1cccc(NN)n1. The quantitative estimate of drug-likeness (QED) is 0.630. The fraction of sp³-hybridized carbons (Fsp3) is 0.250. The molecule has 0 fully saturated rings. The number of nitrogens with zero attached hydrogens (tertiary/aromatic N) is 2. The molecule has 2 aromatic heterocycles. The van der Waals surface area contributed by atoms with Gasteiger partial charge in [-0.3, -0.25) is 0 Å². The molecule has 2 aromatic rings. The maximum atomic E-state index is 5.37. The molecular formula is C12H16N4S. The van der Waals surface area contributed by atoms with Gasteiger partial charge in [0.2, 0.25) is 0 Å². The van der Waals surface area contributed by atoms with Crippen molar-refractivity contribution >= 4 is 23.0 Å². The Morgan fingerprint density at radius 1 is 1.35 bits per heavy atom. The molecule has 0 radical (unpaired) electrons. The Labute approximate surface area is 105 Å². The number of nitrogens with two attached hydrogens (primary N) is 1. The molecule has 2 rings (SSSR count). The first kappa shape index (κ1) is 11.9. The van der Waals surface area contributed by atoms with Gasteiger partial charge in [-0.05, 0) is 30.5 Å². The summed E-state index contributed by atoms with van der Waals surface area (Å²) in [5.41, 5.74) is 2.57. The Hall–Kier alpha value is -1.59. The number of hydrogen-bond acceptors (Lipinski definition) is 5. The second kappa shape index (κ2) is 5.65. The van der Waals surface area contributed by atoms with E-state index in [2.05, 4.69) is 39.7 Å². The van der Waals surface area contributed by atoms with Gasteiger partial charge < -0.3 is 10.3 Å². The molecule has 0 amide bonds. The van der Waals surface area contributed by atoms with Crippen molar-refractivity contribution < 1.29 is 0 Å². The van der Waals surface area contributed by atoms with Gasteiger partial charge >= 0.3 is 0 Å². The Morgan fingerprint density at radius 2 is 2.24 bits per heavy atom. The van der Waals surface area contributed by atoms with E-state index in [-0.39, 0.29) is 0 Å². The minimum absolute atomic E-state index is 0.687. The van der Waals surface area contributed by atoms with E-state index in [1.807, 2.05) is 18.2 Å². The second-order valence-electron chi connectivity index (χ2n) is 3.62. The van der Waals surface area contributed by atoms with Gasteiger partial charge in [-0.25, -0.2) is 10.8 Å². The molecule has 0 aliphatic rings. The Morgan fingerprint density at radius 3 is 2.88 bits per heavy atom. The zero-order valence-electron chi connectivity index (χ0n) is 9.76. The van der Waals surface area contributed by atoms with Gasteiger partial charge in [-0.1, -0.05) is 12.1 Å². The summed E-state index contributed by atoms with van der Waals surface area (Å²) < 4.78 is 0. The lowest BCUT2D eigenvalue weighted by atomic mass is 10.3. The maximum absolute atomic E-state index is 5.37. The van der Waals surface area contributed by atoms with Crippen molar-refractivity contribution in [2.75, 3.05) is 16.9 Å². The van der Waals surface area contributed by atoms with Crippen molar-refractivity contribution in [1.82, 2.24) is 4.98 Å². The summed E-state index contributed by atoms with van der Waals surface area (Å²) in [7, 11) is 0. The average Bonchev–Trinajstić information content (AvgIpc) is 2.89. The summed E-state index contributed by atoms with van der Waals surface area (Å²) in [6, 6.07) is 10.0. The zero-order chi connectivity index (χ0) is 12.1. The maximum Gasteiger partial charge on any atom is 0.142 e. The lowest BCUT2D eigenvalue weighted by molar-refractivity contribution is 0.824. The third-order valence-electron chi connectivity index (χ3n) is 2.51. The van der Waals surface area contributed by atoms with E-state index in [1.165, 1.54) is 4.88 Å². The molecule has 5 heteroatoms. The van der Waals surface area contributed by atoms with Crippen molar-refractivity contribution in [3.8, 4) is 0 Å². The number of nitrogens with one attached hydrogen (secondary N) is 1. The van der Waals surface area contributed by atoms with Crippen molar-refractivity contribution in [3.05, 3.63) is 40.6 Å². The predicted octanol–water partition coefficient (Wildman–Crippen LogP) is 2.46. The van der Waals surface area contributed by atoms with Crippen LogP contribution < -0.4 is 16.2 Å². The van der Waals surface area contributed by atoms with Gasteiger partial charge in [-0.15, -0.1) is 11.3 Å². The molecule has 0 saturated carbocycles. The molecule has 0 spiro atoms. The van der Waals surface area contributed by atoms with Crippen LogP contribution in [0.15, 0.2) is 35.7 Å². The van der Waals surface area contributed by atoms with Crippen molar-refractivity contribution in [2.24, 2.45) is 5.84 Å². The Bertz CT molecular complexity index is 455. The number of thiophene rings is 1. The topological polar surface area (TPSA) is 54.2 Å². The average molecular weight is 248 g/mol. The lowest BCUT2D eigenvalue weighted by Crippen LogP contribution is -2.23. The largest absolute Gasteiger partial charge is 0.352 e. The predicted molar refractivity (Wildman–Crippen MR) is 73.1 cm³/mol. The van der Waals surface area contributed by atoms with Gasteiger partial charge in [-0.2, -0.15) is 0 Å². The van der Waals surface area contributed by atoms with Crippen LogP contribution in [0.25, 0.3) is 0 Å². The van der Waals surface area contributed by atoms with E-state index in [0.717, 1.165) is 18.9 Å². The third kappa shape index (κ3) is 2.95. The van der Waals surface area contributed by atoms with E-state index in [1.54, 1.807) is 11.3 Å². The third-order valence-corrected chi connectivity index (χ3v) is 3.38. The van der Waals surface area contributed by atoms with E-state index in [4.69, 9.17) is 5.84 Å². The highest BCUT2D eigenvalue weighted by molar-refractivity contribution is 7.09. The van der Waals surface area contributed by atoms with Crippen LogP contribution in [0.5, 0.6) is 0 Å². The standard InChI is InChI=1S/C12H16N4S/c1-2-16(9-10-5-4-8-17-10)12-7-3-6-11(14-12)15-13/h3-8H,2,9,13H2,1H3,(H,14,15). The van der Waals surface area contributed by atoms with E-state index in [9.17, 15) is 0 Å². The van der Waals surface area contributed by atoms with Crippen molar-refractivity contribution in [2.45, 2.75) is 13.5 Å². The Kier molecular flexibility index (Phi) is 3.95. The first-order valence-corrected chi connectivity index (χ1v) is 6.42. The highest BCUT2D eigenvalue weighted by Gasteiger charge is 2.07. The van der Waals surface area contributed by atoms with Crippen LogP contribution in [-0.2, 0) is 6.54 Å². The second-order valence-corrected chi connectivity index (χ2v) is 4.65. The molecule has 0 aliphatic carbocycles. The number of anilines is 2.